The molecule has 0 spiro atoms. The van der Waals surface area contributed by atoms with E-state index in [2.05, 4.69) is 17.6 Å². The maximum absolute atomic E-state index is 11.7. The molecule has 3 N–H and O–H groups in total. The van der Waals surface area contributed by atoms with Crippen molar-refractivity contribution in [3.05, 3.63) is 0 Å². The molecule has 5 nitrogen and oxygen atoms in total. The molecule has 0 aliphatic carbocycles. The van der Waals surface area contributed by atoms with E-state index in [9.17, 15) is 9.59 Å². The highest BCUT2D eigenvalue weighted by atomic mass is 16.4. The molecule has 0 aromatic carbocycles. The van der Waals surface area contributed by atoms with Gasteiger partial charge in [-0.15, -0.1) is 0 Å². The Balaban J connectivity index is 4.39. The Hall–Kier alpha value is -1.26. The first-order valence-corrected chi connectivity index (χ1v) is 6.63. The van der Waals surface area contributed by atoms with Crippen LogP contribution in [0.1, 0.15) is 47.5 Å². The fourth-order valence-corrected chi connectivity index (χ4v) is 1.57. The average Bonchev–Trinajstić information content (AvgIpc) is 2.33. The molecule has 0 heterocycles. The molecule has 4 unspecified atom stereocenters. The van der Waals surface area contributed by atoms with Crippen LogP contribution in [0, 0.1) is 11.8 Å². The van der Waals surface area contributed by atoms with Crippen molar-refractivity contribution in [2.24, 2.45) is 11.8 Å². The predicted octanol–water partition coefficient (Wildman–Crippen LogP) is 2.22. The van der Waals surface area contributed by atoms with Gasteiger partial charge in [0.05, 0.1) is 0 Å². The standard InChI is InChI=1S/C13H26N2O3/c1-6-8(3)10(5)14-13(18)15-11(12(16)17)9(4)7-2/h8-11H,6-7H2,1-5H3,(H,16,17)(H2,14,15,18). The Bertz CT molecular complexity index is 281. The molecule has 0 aliphatic rings. The summed E-state index contributed by atoms with van der Waals surface area (Å²) in [5, 5.41) is 14.4. The first-order chi connectivity index (χ1) is 8.33. The summed E-state index contributed by atoms with van der Waals surface area (Å²) in [7, 11) is 0. The molecule has 0 aromatic heterocycles. The summed E-state index contributed by atoms with van der Waals surface area (Å²) in [5.41, 5.74) is 0. The van der Waals surface area contributed by atoms with Crippen LogP contribution in [0.25, 0.3) is 0 Å². The largest absolute Gasteiger partial charge is 0.480 e. The number of hydrogen-bond acceptors (Lipinski definition) is 2. The second-order valence-electron chi connectivity index (χ2n) is 4.99. The van der Waals surface area contributed by atoms with Crippen LogP contribution in [0.15, 0.2) is 0 Å². The molecule has 18 heavy (non-hydrogen) atoms. The number of nitrogens with one attached hydrogen (secondary N) is 2. The lowest BCUT2D eigenvalue weighted by atomic mass is 9.99. The molecule has 0 rings (SSSR count). The first kappa shape index (κ1) is 16.7. The minimum Gasteiger partial charge on any atom is -0.480 e. The lowest BCUT2D eigenvalue weighted by Gasteiger charge is -2.24. The third kappa shape index (κ3) is 5.38. The molecular weight excluding hydrogens is 232 g/mol. The third-order valence-electron chi connectivity index (χ3n) is 3.62. The minimum atomic E-state index is -0.990. The van der Waals surface area contributed by atoms with Gasteiger partial charge in [-0.1, -0.05) is 40.5 Å². The van der Waals surface area contributed by atoms with Crippen molar-refractivity contribution < 1.29 is 14.7 Å². The Morgan fingerprint density at radius 3 is 1.89 bits per heavy atom. The maximum Gasteiger partial charge on any atom is 0.326 e. The molecule has 0 saturated carbocycles. The third-order valence-corrected chi connectivity index (χ3v) is 3.62. The molecule has 0 fully saturated rings. The number of aliphatic carboxylic acids is 1. The van der Waals surface area contributed by atoms with Crippen LogP contribution in [-0.4, -0.2) is 29.2 Å². The summed E-state index contributed by atoms with van der Waals surface area (Å²) in [6.45, 7) is 9.75. The molecule has 106 valence electrons. The highest BCUT2D eigenvalue weighted by Gasteiger charge is 2.26. The molecule has 0 saturated heterocycles. The van der Waals surface area contributed by atoms with E-state index in [1.807, 2.05) is 27.7 Å². The number of carbonyl (C=O) groups excluding carboxylic acids is 1. The van der Waals surface area contributed by atoms with Crippen molar-refractivity contribution in [2.45, 2.75) is 59.5 Å². The van der Waals surface area contributed by atoms with Gasteiger partial charge in [0.2, 0.25) is 0 Å². The highest BCUT2D eigenvalue weighted by Crippen LogP contribution is 2.09. The van der Waals surface area contributed by atoms with Crippen molar-refractivity contribution in [3.8, 4) is 0 Å². The zero-order chi connectivity index (χ0) is 14.3. The van der Waals surface area contributed by atoms with Crippen molar-refractivity contribution in [1.82, 2.24) is 10.6 Å². The van der Waals surface area contributed by atoms with E-state index in [1.165, 1.54) is 0 Å². The number of hydrogen-bond donors (Lipinski definition) is 3. The van der Waals surface area contributed by atoms with E-state index in [0.717, 1.165) is 6.42 Å². The lowest BCUT2D eigenvalue weighted by molar-refractivity contribution is -0.140. The van der Waals surface area contributed by atoms with Gasteiger partial charge in [0, 0.05) is 6.04 Å². The van der Waals surface area contributed by atoms with Crippen molar-refractivity contribution in [3.63, 3.8) is 0 Å². The van der Waals surface area contributed by atoms with Crippen LogP contribution in [0.5, 0.6) is 0 Å². The number of amides is 2. The summed E-state index contributed by atoms with van der Waals surface area (Å²) in [4.78, 5) is 22.8. The Morgan fingerprint density at radius 2 is 1.50 bits per heavy atom. The maximum atomic E-state index is 11.7. The van der Waals surface area contributed by atoms with E-state index in [-0.39, 0.29) is 12.0 Å². The number of rotatable bonds is 7. The van der Waals surface area contributed by atoms with Gasteiger partial charge >= 0.3 is 12.0 Å². The second kappa shape index (κ2) is 7.95. The fourth-order valence-electron chi connectivity index (χ4n) is 1.57. The van der Waals surface area contributed by atoms with Gasteiger partial charge in [-0.05, 0) is 18.8 Å². The molecular formula is C13H26N2O3. The van der Waals surface area contributed by atoms with Crippen LogP contribution in [0.3, 0.4) is 0 Å². The van der Waals surface area contributed by atoms with Gasteiger partial charge in [0.25, 0.3) is 0 Å². The lowest BCUT2D eigenvalue weighted by Crippen LogP contribution is -2.51. The molecule has 5 heteroatoms. The summed E-state index contributed by atoms with van der Waals surface area (Å²) in [6.07, 6.45) is 1.67. The molecule has 0 aliphatic heterocycles. The zero-order valence-electron chi connectivity index (χ0n) is 12.0. The quantitative estimate of drug-likeness (QED) is 0.655. The summed E-state index contributed by atoms with van der Waals surface area (Å²) < 4.78 is 0. The molecule has 0 bridgehead atoms. The van der Waals surface area contributed by atoms with Crippen LogP contribution in [-0.2, 0) is 4.79 Å². The van der Waals surface area contributed by atoms with E-state index in [1.54, 1.807) is 0 Å². The summed E-state index contributed by atoms with van der Waals surface area (Å²) in [5.74, 6) is -0.717. The van der Waals surface area contributed by atoms with Crippen molar-refractivity contribution in [1.29, 1.82) is 0 Å². The normalized spacial score (nSPS) is 17.4. The van der Waals surface area contributed by atoms with E-state index in [4.69, 9.17) is 5.11 Å². The second-order valence-corrected chi connectivity index (χ2v) is 4.99. The van der Waals surface area contributed by atoms with Gasteiger partial charge in [0.1, 0.15) is 6.04 Å². The van der Waals surface area contributed by atoms with Crippen LogP contribution < -0.4 is 10.6 Å². The number of carboxylic acids is 1. The highest BCUT2D eigenvalue weighted by molar-refractivity contribution is 5.82. The van der Waals surface area contributed by atoms with E-state index in [0.29, 0.717) is 12.3 Å². The Labute approximate surface area is 109 Å². The zero-order valence-corrected chi connectivity index (χ0v) is 12.0. The summed E-state index contributed by atoms with van der Waals surface area (Å²) >= 11 is 0. The van der Waals surface area contributed by atoms with Gasteiger partial charge in [-0.2, -0.15) is 0 Å². The smallest absolute Gasteiger partial charge is 0.326 e. The molecule has 0 aromatic rings. The Morgan fingerprint density at radius 1 is 1.00 bits per heavy atom. The topological polar surface area (TPSA) is 78.4 Å². The molecule has 0 radical (unpaired) electrons. The number of carbonyl (C=O) groups is 2. The first-order valence-electron chi connectivity index (χ1n) is 6.63. The van der Waals surface area contributed by atoms with Crippen LogP contribution >= 0.6 is 0 Å². The summed E-state index contributed by atoms with van der Waals surface area (Å²) in [6, 6.07) is -1.21. The van der Waals surface area contributed by atoms with Gasteiger partial charge < -0.3 is 15.7 Å². The number of carboxylic acid groups (broad SMARTS) is 1. The average molecular weight is 258 g/mol. The molecule has 2 amide bonds. The monoisotopic (exact) mass is 258 g/mol. The van der Waals surface area contributed by atoms with E-state index >= 15 is 0 Å². The van der Waals surface area contributed by atoms with Gasteiger partial charge in [-0.25, -0.2) is 9.59 Å². The molecule has 4 atom stereocenters. The van der Waals surface area contributed by atoms with Gasteiger partial charge in [0.15, 0.2) is 0 Å². The van der Waals surface area contributed by atoms with Gasteiger partial charge in [-0.3, -0.25) is 0 Å². The SMILES string of the molecule is CCC(C)C(C)NC(=O)NC(C(=O)O)C(C)CC. The Kier molecular flexibility index (Phi) is 7.39. The minimum absolute atomic E-state index is 0.0291. The fraction of sp³-hybridized carbons (Fsp3) is 0.846. The predicted molar refractivity (Wildman–Crippen MR) is 71.5 cm³/mol. The van der Waals surface area contributed by atoms with Crippen LogP contribution in [0.2, 0.25) is 0 Å². The van der Waals surface area contributed by atoms with Crippen molar-refractivity contribution >= 4 is 12.0 Å². The van der Waals surface area contributed by atoms with Crippen molar-refractivity contribution in [2.75, 3.05) is 0 Å². The number of urea groups is 1. The van der Waals surface area contributed by atoms with E-state index < -0.39 is 18.0 Å². The van der Waals surface area contributed by atoms with Crippen LogP contribution in [0.4, 0.5) is 4.79 Å².